The number of hydrogen-bond acceptors (Lipinski definition) is 4. The van der Waals surface area contributed by atoms with Gasteiger partial charge in [-0.3, -0.25) is 25.2 Å². The summed E-state index contributed by atoms with van der Waals surface area (Å²) in [6, 6.07) is 12.3. The van der Waals surface area contributed by atoms with Crippen LogP contribution in [0.1, 0.15) is 30.1 Å². The summed E-state index contributed by atoms with van der Waals surface area (Å²) in [7, 11) is 0. The lowest BCUT2D eigenvalue weighted by atomic mass is 10.2. The molecule has 1 aliphatic rings. The minimum Gasteiger partial charge on any atom is -0.478 e. The smallest absolute Gasteiger partial charge is 0.279 e. The van der Waals surface area contributed by atoms with Crippen molar-refractivity contribution in [1.82, 2.24) is 10.9 Å². The molecule has 0 spiro atoms. The van der Waals surface area contributed by atoms with Crippen LogP contribution in [0.15, 0.2) is 48.5 Å². The number of para-hydroxylation sites is 1. The van der Waals surface area contributed by atoms with Gasteiger partial charge in [-0.1, -0.05) is 18.2 Å². The van der Waals surface area contributed by atoms with Gasteiger partial charge in [-0.15, -0.1) is 0 Å². The third-order valence-corrected chi connectivity index (χ3v) is 4.30. The van der Waals surface area contributed by atoms with Gasteiger partial charge in [0.1, 0.15) is 0 Å². The van der Waals surface area contributed by atoms with E-state index >= 15 is 0 Å². The van der Waals surface area contributed by atoms with E-state index in [0.717, 1.165) is 6.42 Å². The summed E-state index contributed by atoms with van der Waals surface area (Å²) >= 11 is 0. The zero-order valence-electron chi connectivity index (χ0n) is 15.3. The van der Waals surface area contributed by atoms with Crippen LogP contribution in [-0.2, 0) is 9.59 Å². The van der Waals surface area contributed by atoms with E-state index in [-0.39, 0.29) is 11.7 Å². The largest absolute Gasteiger partial charge is 0.478 e. The summed E-state index contributed by atoms with van der Waals surface area (Å²) in [4.78, 5) is 37.9. The predicted octanol–water partition coefficient (Wildman–Crippen LogP) is 2.18. The first kappa shape index (κ1) is 19.3. The topological polar surface area (TPSA) is 87.7 Å². The normalized spacial score (nSPS) is 14.5. The second-order valence-electron chi connectivity index (χ2n) is 6.33. The van der Waals surface area contributed by atoms with Gasteiger partial charge in [0.2, 0.25) is 5.91 Å². The second kappa shape index (κ2) is 8.51. The van der Waals surface area contributed by atoms with E-state index < -0.39 is 23.7 Å². The van der Waals surface area contributed by atoms with Crippen LogP contribution in [0, 0.1) is 5.82 Å². The molecule has 3 amide bonds. The molecule has 0 aromatic heterocycles. The predicted molar refractivity (Wildman–Crippen MR) is 100 cm³/mol. The number of hydrazine groups is 1. The van der Waals surface area contributed by atoms with Gasteiger partial charge < -0.3 is 9.64 Å². The third-order valence-electron chi connectivity index (χ3n) is 4.30. The molecule has 0 saturated carbocycles. The Hall–Kier alpha value is -3.42. The summed E-state index contributed by atoms with van der Waals surface area (Å²) < 4.78 is 18.8. The summed E-state index contributed by atoms with van der Waals surface area (Å²) in [6.45, 7) is 2.05. The van der Waals surface area contributed by atoms with Gasteiger partial charge in [-0.2, -0.15) is 0 Å². The molecule has 1 unspecified atom stereocenters. The Labute approximate surface area is 161 Å². The maximum absolute atomic E-state index is 13.6. The summed E-state index contributed by atoms with van der Waals surface area (Å²) in [5, 5.41) is 0. The molecule has 1 atom stereocenters. The molecule has 3 rings (SSSR count). The van der Waals surface area contributed by atoms with Crippen molar-refractivity contribution in [1.29, 1.82) is 0 Å². The van der Waals surface area contributed by atoms with Crippen molar-refractivity contribution in [3.63, 3.8) is 0 Å². The number of nitrogens with zero attached hydrogens (tertiary/aromatic N) is 1. The number of benzene rings is 2. The van der Waals surface area contributed by atoms with Crippen molar-refractivity contribution in [2.24, 2.45) is 0 Å². The lowest BCUT2D eigenvalue weighted by molar-refractivity contribution is -0.128. The zero-order valence-corrected chi connectivity index (χ0v) is 15.3. The fourth-order valence-electron chi connectivity index (χ4n) is 2.81. The first-order valence-electron chi connectivity index (χ1n) is 8.87. The summed E-state index contributed by atoms with van der Waals surface area (Å²) in [5.41, 5.74) is 5.47. The quantitative estimate of drug-likeness (QED) is 0.773. The number of carbonyl (C=O) groups excluding carboxylic acids is 3. The molecule has 2 N–H and O–H groups in total. The maximum Gasteiger partial charge on any atom is 0.279 e. The lowest BCUT2D eigenvalue weighted by Crippen LogP contribution is -2.47. The minimum atomic E-state index is -1.02. The van der Waals surface area contributed by atoms with E-state index in [9.17, 15) is 18.8 Å². The van der Waals surface area contributed by atoms with E-state index in [4.69, 9.17) is 4.74 Å². The van der Waals surface area contributed by atoms with E-state index in [1.54, 1.807) is 35.2 Å². The average molecular weight is 385 g/mol. The number of rotatable bonds is 5. The van der Waals surface area contributed by atoms with Crippen molar-refractivity contribution >= 4 is 23.4 Å². The Morgan fingerprint density at radius 3 is 2.64 bits per heavy atom. The molecule has 2 aromatic rings. The highest BCUT2D eigenvalue weighted by Crippen LogP contribution is 2.22. The summed E-state index contributed by atoms with van der Waals surface area (Å²) in [6.07, 6.45) is 0.253. The molecule has 146 valence electrons. The monoisotopic (exact) mass is 385 g/mol. The Balaban J connectivity index is 1.57. The second-order valence-corrected chi connectivity index (χ2v) is 6.33. The van der Waals surface area contributed by atoms with Crippen molar-refractivity contribution in [2.45, 2.75) is 25.9 Å². The van der Waals surface area contributed by atoms with Crippen molar-refractivity contribution in [2.75, 3.05) is 11.4 Å². The van der Waals surface area contributed by atoms with Crippen molar-refractivity contribution < 1.29 is 23.5 Å². The Morgan fingerprint density at radius 1 is 1.14 bits per heavy atom. The molecule has 7 nitrogen and oxygen atoms in total. The highest BCUT2D eigenvalue weighted by atomic mass is 19.1. The molecule has 1 aliphatic heterocycles. The molecule has 0 radical (unpaired) electrons. The van der Waals surface area contributed by atoms with Crippen molar-refractivity contribution in [3.8, 4) is 5.75 Å². The maximum atomic E-state index is 13.6. The van der Waals surface area contributed by atoms with E-state index in [0.29, 0.717) is 24.2 Å². The fraction of sp³-hybridized carbons (Fsp3) is 0.250. The van der Waals surface area contributed by atoms with Gasteiger partial charge in [-0.05, 0) is 43.7 Å². The van der Waals surface area contributed by atoms with Crippen LogP contribution >= 0.6 is 0 Å². The Bertz CT molecular complexity index is 903. The molecule has 0 bridgehead atoms. The van der Waals surface area contributed by atoms with E-state index in [2.05, 4.69) is 10.9 Å². The number of carbonyl (C=O) groups is 3. The van der Waals surface area contributed by atoms with Crippen LogP contribution in [0.4, 0.5) is 10.1 Å². The molecule has 2 aromatic carbocycles. The van der Waals surface area contributed by atoms with Gasteiger partial charge >= 0.3 is 0 Å². The van der Waals surface area contributed by atoms with E-state index in [1.807, 2.05) is 0 Å². The highest BCUT2D eigenvalue weighted by Gasteiger charge is 2.22. The molecule has 1 heterocycles. The van der Waals surface area contributed by atoms with Gasteiger partial charge in [0, 0.05) is 24.2 Å². The highest BCUT2D eigenvalue weighted by molar-refractivity contribution is 5.99. The number of anilines is 1. The molecule has 8 heteroatoms. The number of amides is 3. The number of halogens is 1. The molecular formula is C20H20FN3O4. The van der Waals surface area contributed by atoms with E-state index in [1.165, 1.54) is 25.1 Å². The SMILES string of the molecule is CC(Oc1ccccc1F)C(=O)NNC(=O)c1cccc(N2CCCC2=O)c1. The molecule has 1 fully saturated rings. The minimum absolute atomic E-state index is 0.0185. The average Bonchev–Trinajstić information content (AvgIpc) is 3.13. The zero-order chi connectivity index (χ0) is 20.1. The van der Waals surface area contributed by atoms with Crippen LogP contribution in [0.5, 0.6) is 5.75 Å². The number of hydrogen-bond donors (Lipinski definition) is 2. The first-order chi connectivity index (χ1) is 13.5. The molecule has 0 aliphatic carbocycles. The first-order valence-corrected chi connectivity index (χ1v) is 8.87. The van der Waals surface area contributed by atoms with Gasteiger partial charge in [0.25, 0.3) is 11.8 Å². The molecular weight excluding hydrogens is 365 g/mol. The van der Waals surface area contributed by atoms with Crippen LogP contribution < -0.4 is 20.5 Å². The lowest BCUT2D eigenvalue weighted by Gasteiger charge is -2.17. The van der Waals surface area contributed by atoms with Crippen LogP contribution in [-0.4, -0.2) is 30.4 Å². The standard InChI is InChI=1S/C20H20FN3O4/c1-13(28-17-9-3-2-8-16(17)21)19(26)22-23-20(27)14-6-4-7-15(12-14)24-11-5-10-18(24)25/h2-4,6-9,12-13H,5,10-11H2,1H3,(H,22,26)(H,23,27). The Kier molecular flexibility index (Phi) is 5.88. The van der Waals surface area contributed by atoms with Crippen LogP contribution in [0.25, 0.3) is 0 Å². The van der Waals surface area contributed by atoms with Gasteiger partial charge in [0.15, 0.2) is 17.7 Å². The third kappa shape index (κ3) is 4.46. The van der Waals surface area contributed by atoms with Crippen molar-refractivity contribution in [3.05, 3.63) is 59.9 Å². The molecule has 1 saturated heterocycles. The van der Waals surface area contributed by atoms with Gasteiger partial charge in [0.05, 0.1) is 0 Å². The summed E-state index contributed by atoms with van der Waals surface area (Å²) in [5.74, 6) is -1.80. The molecule has 28 heavy (non-hydrogen) atoms. The fourth-order valence-corrected chi connectivity index (χ4v) is 2.81. The Morgan fingerprint density at radius 2 is 1.93 bits per heavy atom. The van der Waals surface area contributed by atoms with Gasteiger partial charge in [-0.25, -0.2) is 4.39 Å². The van der Waals surface area contributed by atoms with Crippen LogP contribution in [0.2, 0.25) is 0 Å². The number of nitrogens with one attached hydrogen (secondary N) is 2. The van der Waals surface area contributed by atoms with Crippen LogP contribution in [0.3, 0.4) is 0 Å². The number of ether oxygens (including phenoxy) is 1.